The van der Waals surface area contributed by atoms with Crippen molar-refractivity contribution in [1.29, 1.82) is 0 Å². The molecule has 19 heavy (non-hydrogen) atoms. The fourth-order valence-corrected chi connectivity index (χ4v) is 2.89. The van der Waals surface area contributed by atoms with E-state index in [0.29, 0.717) is 11.9 Å². The van der Waals surface area contributed by atoms with Gasteiger partial charge in [0.25, 0.3) is 0 Å². The van der Waals surface area contributed by atoms with E-state index in [1.165, 1.54) is 19.4 Å². The second-order valence-corrected chi connectivity index (χ2v) is 5.37. The molecule has 6 heteroatoms. The Morgan fingerprint density at radius 3 is 3.32 bits per heavy atom. The molecule has 1 aromatic heterocycles. The van der Waals surface area contributed by atoms with Gasteiger partial charge in [-0.1, -0.05) is 5.16 Å². The smallest absolute Gasteiger partial charge is 0.226 e. The van der Waals surface area contributed by atoms with E-state index in [1.54, 1.807) is 0 Å². The summed E-state index contributed by atoms with van der Waals surface area (Å²) in [5.41, 5.74) is 0. The van der Waals surface area contributed by atoms with Gasteiger partial charge in [-0.3, -0.25) is 4.90 Å². The second-order valence-electron chi connectivity index (χ2n) is 5.37. The largest absolute Gasteiger partial charge is 0.367 e. The van der Waals surface area contributed by atoms with Crippen LogP contribution in [0.5, 0.6) is 0 Å². The third-order valence-electron chi connectivity index (χ3n) is 3.98. The van der Waals surface area contributed by atoms with Gasteiger partial charge in [0.1, 0.15) is 6.10 Å². The van der Waals surface area contributed by atoms with E-state index in [1.807, 2.05) is 7.05 Å². The molecule has 2 aliphatic rings. The summed E-state index contributed by atoms with van der Waals surface area (Å²) < 4.78 is 11.2. The zero-order valence-corrected chi connectivity index (χ0v) is 11.5. The van der Waals surface area contributed by atoms with Crippen molar-refractivity contribution < 1.29 is 9.26 Å². The minimum atomic E-state index is -0.0175. The van der Waals surface area contributed by atoms with Crippen LogP contribution in [-0.2, 0) is 11.2 Å². The zero-order valence-electron chi connectivity index (χ0n) is 11.5. The molecule has 3 rings (SSSR count). The van der Waals surface area contributed by atoms with Crippen LogP contribution in [0.25, 0.3) is 0 Å². The quantitative estimate of drug-likeness (QED) is 0.794. The van der Waals surface area contributed by atoms with Crippen LogP contribution in [0, 0.1) is 0 Å². The van der Waals surface area contributed by atoms with Crippen LogP contribution in [-0.4, -0.2) is 54.4 Å². The highest BCUT2D eigenvalue weighted by Crippen LogP contribution is 2.28. The molecule has 0 spiro atoms. The molecule has 2 fully saturated rings. The van der Waals surface area contributed by atoms with E-state index in [2.05, 4.69) is 20.4 Å². The van der Waals surface area contributed by atoms with Gasteiger partial charge in [0, 0.05) is 19.0 Å². The highest BCUT2D eigenvalue weighted by molar-refractivity contribution is 4.97. The molecule has 0 saturated carbocycles. The first kappa shape index (κ1) is 13.0. The number of fused-ring (bicyclic) bond motifs is 1. The Morgan fingerprint density at radius 2 is 2.42 bits per heavy atom. The van der Waals surface area contributed by atoms with E-state index in [0.717, 1.165) is 38.4 Å². The van der Waals surface area contributed by atoms with Crippen LogP contribution in [0.1, 0.15) is 37.1 Å². The number of aryl methyl sites for hydroxylation is 1. The van der Waals surface area contributed by atoms with Crippen LogP contribution < -0.4 is 5.32 Å². The number of aromatic nitrogens is 2. The van der Waals surface area contributed by atoms with Crippen molar-refractivity contribution in [3.8, 4) is 0 Å². The highest BCUT2D eigenvalue weighted by atomic mass is 16.5. The molecule has 0 amide bonds. The Bertz CT molecular complexity index is 409. The summed E-state index contributed by atoms with van der Waals surface area (Å²) in [5.74, 6) is 1.43. The van der Waals surface area contributed by atoms with Gasteiger partial charge >= 0.3 is 0 Å². The summed E-state index contributed by atoms with van der Waals surface area (Å²) in [6.07, 6.45) is 4.36. The first-order valence-electron chi connectivity index (χ1n) is 7.19. The minimum absolute atomic E-state index is 0.0175. The summed E-state index contributed by atoms with van der Waals surface area (Å²) in [6.45, 7) is 3.85. The lowest BCUT2D eigenvalue weighted by Crippen LogP contribution is -2.42. The lowest BCUT2D eigenvalue weighted by Gasteiger charge is -2.33. The van der Waals surface area contributed by atoms with E-state index >= 15 is 0 Å². The number of nitrogens with one attached hydrogen (secondary N) is 1. The minimum Gasteiger partial charge on any atom is -0.367 e. The maximum atomic E-state index is 5.88. The van der Waals surface area contributed by atoms with E-state index in [9.17, 15) is 0 Å². The van der Waals surface area contributed by atoms with E-state index < -0.39 is 0 Å². The number of hydrogen-bond acceptors (Lipinski definition) is 6. The number of ether oxygens (including phenoxy) is 1. The molecule has 0 aliphatic carbocycles. The summed E-state index contributed by atoms with van der Waals surface area (Å²) in [6, 6.07) is 0.609. The Hall–Kier alpha value is -0.980. The Morgan fingerprint density at radius 1 is 1.47 bits per heavy atom. The van der Waals surface area contributed by atoms with Crippen LogP contribution >= 0.6 is 0 Å². The molecule has 6 nitrogen and oxygen atoms in total. The average Bonchev–Trinajstić information content (AvgIpc) is 3.06. The number of rotatable bonds is 5. The Balaban J connectivity index is 1.56. The maximum Gasteiger partial charge on any atom is 0.226 e. The SMILES string of the molecule is CNCCCc1nc(C2CN3CCCC3CO2)no1. The molecular formula is C13H22N4O2. The van der Waals surface area contributed by atoms with Crippen molar-refractivity contribution in [1.82, 2.24) is 20.4 Å². The monoisotopic (exact) mass is 266 g/mol. The normalized spacial score (nSPS) is 27.6. The van der Waals surface area contributed by atoms with Crippen molar-refractivity contribution >= 4 is 0 Å². The van der Waals surface area contributed by atoms with Gasteiger partial charge in [-0.25, -0.2) is 0 Å². The molecule has 3 heterocycles. The number of nitrogens with zero attached hydrogens (tertiary/aromatic N) is 3. The van der Waals surface area contributed by atoms with Gasteiger partial charge in [0.2, 0.25) is 11.7 Å². The predicted octanol–water partition coefficient (Wildman–Crippen LogP) is 0.757. The van der Waals surface area contributed by atoms with E-state index in [4.69, 9.17) is 9.26 Å². The van der Waals surface area contributed by atoms with Crippen LogP contribution in [0.3, 0.4) is 0 Å². The average molecular weight is 266 g/mol. The van der Waals surface area contributed by atoms with Gasteiger partial charge < -0.3 is 14.6 Å². The van der Waals surface area contributed by atoms with Crippen LogP contribution in [0.15, 0.2) is 4.52 Å². The summed E-state index contributed by atoms with van der Waals surface area (Å²) in [4.78, 5) is 6.95. The van der Waals surface area contributed by atoms with Gasteiger partial charge in [-0.2, -0.15) is 4.98 Å². The third-order valence-corrected chi connectivity index (χ3v) is 3.98. The fourth-order valence-electron chi connectivity index (χ4n) is 2.89. The molecule has 1 aromatic rings. The molecule has 0 aromatic carbocycles. The summed E-state index contributed by atoms with van der Waals surface area (Å²) >= 11 is 0. The van der Waals surface area contributed by atoms with Crippen molar-refractivity contribution in [2.24, 2.45) is 0 Å². The maximum absolute atomic E-state index is 5.88. The summed E-state index contributed by atoms with van der Waals surface area (Å²) in [5, 5.41) is 7.19. The van der Waals surface area contributed by atoms with E-state index in [-0.39, 0.29) is 6.10 Å². The second kappa shape index (κ2) is 5.98. The molecular weight excluding hydrogens is 244 g/mol. The third kappa shape index (κ3) is 2.96. The van der Waals surface area contributed by atoms with Crippen molar-refractivity contribution in [3.05, 3.63) is 11.7 Å². The topological polar surface area (TPSA) is 63.4 Å². The van der Waals surface area contributed by atoms with Crippen LogP contribution in [0.4, 0.5) is 0 Å². The molecule has 0 bridgehead atoms. The zero-order chi connectivity index (χ0) is 13.1. The predicted molar refractivity (Wildman–Crippen MR) is 69.8 cm³/mol. The van der Waals surface area contributed by atoms with Gasteiger partial charge in [0.05, 0.1) is 6.61 Å². The number of hydrogen-bond donors (Lipinski definition) is 1. The molecule has 2 unspecified atom stereocenters. The van der Waals surface area contributed by atoms with Crippen molar-refractivity contribution in [3.63, 3.8) is 0 Å². The molecule has 2 saturated heterocycles. The molecule has 106 valence electrons. The highest BCUT2D eigenvalue weighted by Gasteiger charge is 2.34. The van der Waals surface area contributed by atoms with Crippen molar-refractivity contribution in [2.75, 3.05) is 33.3 Å². The first-order chi connectivity index (χ1) is 9.36. The Kier molecular flexibility index (Phi) is 4.10. The molecule has 2 atom stereocenters. The standard InChI is InChI=1S/C13H22N4O2/c1-14-6-2-5-12-15-13(16-19-12)11-8-17-7-3-4-10(17)9-18-11/h10-11,14H,2-9H2,1H3. The van der Waals surface area contributed by atoms with Crippen molar-refractivity contribution in [2.45, 2.75) is 37.8 Å². The lowest BCUT2D eigenvalue weighted by atomic mass is 10.2. The first-order valence-corrected chi connectivity index (χ1v) is 7.19. The number of morpholine rings is 1. The molecule has 0 radical (unpaired) electrons. The van der Waals surface area contributed by atoms with Gasteiger partial charge in [-0.15, -0.1) is 0 Å². The molecule has 2 aliphatic heterocycles. The fraction of sp³-hybridized carbons (Fsp3) is 0.846. The van der Waals surface area contributed by atoms with Gasteiger partial charge in [-0.05, 0) is 39.4 Å². The summed E-state index contributed by atoms with van der Waals surface area (Å²) in [7, 11) is 1.95. The van der Waals surface area contributed by atoms with Gasteiger partial charge in [0.15, 0.2) is 0 Å². The Labute approximate surface area is 113 Å². The van der Waals surface area contributed by atoms with Crippen LogP contribution in [0.2, 0.25) is 0 Å². The molecule has 1 N–H and O–H groups in total. The lowest BCUT2D eigenvalue weighted by molar-refractivity contribution is -0.0548.